The molecule has 0 fully saturated rings. The van der Waals surface area contributed by atoms with Gasteiger partial charge in [0.15, 0.2) is 0 Å². The maximum absolute atomic E-state index is 11.6. The highest BCUT2D eigenvalue weighted by atomic mass is 32.2. The highest BCUT2D eigenvalue weighted by Gasteiger charge is 2.28. The zero-order valence-corrected chi connectivity index (χ0v) is 11.0. The first-order valence-electron chi connectivity index (χ1n) is 4.71. The van der Waals surface area contributed by atoms with Crippen molar-refractivity contribution in [3.05, 3.63) is 0 Å². The normalized spacial score (nSPS) is 15.4. The van der Waals surface area contributed by atoms with Crippen molar-refractivity contribution in [1.82, 2.24) is 0 Å². The van der Waals surface area contributed by atoms with E-state index in [1.807, 2.05) is 20.8 Å². The molecule has 88 valence electrons. The second-order valence-electron chi connectivity index (χ2n) is 4.79. The molecule has 0 aromatic rings. The molecule has 0 aromatic heterocycles. The van der Waals surface area contributed by atoms with Gasteiger partial charge in [0.25, 0.3) is 0 Å². The smallest absolute Gasteiger partial charge is 0.303 e. The molecule has 1 atom stereocenters. The van der Waals surface area contributed by atoms with E-state index in [0.717, 1.165) is 0 Å². The lowest BCUT2D eigenvalue weighted by Gasteiger charge is -2.21. The average Bonchev–Trinajstić information content (AvgIpc) is 1.95. The molecule has 0 bridgehead atoms. The van der Waals surface area contributed by atoms with E-state index in [1.54, 1.807) is 13.8 Å². The lowest BCUT2D eigenvalue weighted by Crippen LogP contribution is -2.31. The molecule has 0 heterocycles. The van der Waals surface area contributed by atoms with Crippen molar-refractivity contribution in [3.63, 3.8) is 0 Å². The van der Waals surface area contributed by atoms with Crippen LogP contribution in [0.15, 0.2) is 4.40 Å². The monoisotopic (exact) mass is 233 g/mol. The summed E-state index contributed by atoms with van der Waals surface area (Å²) in [6, 6.07) is 0. The summed E-state index contributed by atoms with van der Waals surface area (Å²) in [5, 5.41) is 0. The van der Waals surface area contributed by atoms with Gasteiger partial charge in [0.05, 0.1) is 6.21 Å². The van der Waals surface area contributed by atoms with Gasteiger partial charge >= 0.3 is 5.97 Å². The lowest BCUT2D eigenvalue weighted by molar-refractivity contribution is -0.147. The van der Waals surface area contributed by atoms with E-state index in [4.69, 9.17) is 4.74 Å². The molecule has 0 aromatic carbocycles. The van der Waals surface area contributed by atoms with Gasteiger partial charge in [0.1, 0.15) is 21.7 Å². The number of ether oxygens (including phenoxy) is 1. The van der Waals surface area contributed by atoms with Crippen molar-refractivity contribution in [1.29, 1.82) is 0 Å². The first-order chi connectivity index (χ1) is 6.54. The Balaban J connectivity index is 4.45. The minimum absolute atomic E-state index is 0.381. The van der Waals surface area contributed by atoms with Crippen LogP contribution in [0.4, 0.5) is 0 Å². The van der Waals surface area contributed by atoms with Gasteiger partial charge in [-0.15, -0.1) is 0 Å². The fourth-order valence-corrected chi connectivity index (χ4v) is 1.40. The summed E-state index contributed by atoms with van der Waals surface area (Å²) in [6.45, 7) is 10.2. The second-order valence-corrected chi connectivity index (χ2v) is 6.73. The minimum atomic E-state index is -1.32. The van der Waals surface area contributed by atoms with Gasteiger partial charge in [-0.2, -0.15) is 0 Å². The van der Waals surface area contributed by atoms with Crippen LogP contribution >= 0.6 is 0 Å². The van der Waals surface area contributed by atoms with E-state index >= 15 is 0 Å². The fourth-order valence-electron chi connectivity index (χ4n) is 0.730. The third-order valence-electron chi connectivity index (χ3n) is 1.39. The van der Waals surface area contributed by atoms with Crippen LogP contribution < -0.4 is 0 Å². The van der Waals surface area contributed by atoms with Crippen molar-refractivity contribution in [2.75, 3.05) is 0 Å². The first-order valence-corrected chi connectivity index (χ1v) is 5.82. The van der Waals surface area contributed by atoms with Gasteiger partial charge < -0.3 is 9.29 Å². The van der Waals surface area contributed by atoms with Gasteiger partial charge in [-0.1, -0.05) is 4.40 Å². The number of nitrogens with zero attached hydrogens (tertiary/aromatic N) is 1. The van der Waals surface area contributed by atoms with Crippen LogP contribution in [-0.4, -0.2) is 27.1 Å². The van der Waals surface area contributed by atoms with Crippen molar-refractivity contribution < 1.29 is 14.1 Å². The first kappa shape index (κ1) is 14.5. The Kier molecular flexibility index (Phi) is 4.80. The van der Waals surface area contributed by atoms with Gasteiger partial charge in [-0.25, -0.2) is 0 Å². The molecule has 0 aliphatic carbocycles. The Morgan fingerprint density at radius 1 is 1.33 bits per heavy atom. The Hall–Kier alpha value is -0.550. The Morgan fingerprint density at radius 2 is 1.80 bits per heavy atom. The highest BCUT2D eigenvalue weighted by molar-refractivity contribution is 7.91. The number of esters is 1. The molecule has 4 nitrogen and oxygen atoms in total. The van der Waals surface area contributed by atoms with Crippen molar-refractivity contribution in [2.24, 2.45) is 4.40 Å². The number of hydrogen-bond donors (Lipinski definition) is 0. The molecule has 0 saturated heterocycles. The van der Waals surface area contributed by atoms with Crippen LogP contribution in [0.2, 0.25) is 0 Å². The van der Waals surface area contributed by atoms with E-state index in [-0.39, 0.29) is 5.97 Å². The zero-order chi connectivity index (χ0) is 12.3. The van der Waals surface area contributed by atoms with Gasteiger partial charge in [0.2, 0.25) is 0 Å². The van der Waals surface area contributed by atoms with Crippen molar-refractivity contribution >= 4 is 23.5 Å². The SMILES string of the molecule is CC(=O)OC(C)(C)C=N[S+]([O-])C(C)(C)C. The fraction of sp³-hybridized carbons (Fsp3) is 0.800. The Bertz CT molecular complexity index is 256. The quantitative estimate of drug-likeness (QED) is 0.424. The van der Waals surface area contributed by atoms with Crippen LogP contribution in [0, 0.1) is 0 Å². The molecular weight excluding hydrogens is 214 g/mol. The molecule has 0 aliphatic rings. The summed E-state index contributed by atoms with van der Waals surface area (Å²) < 4.78 is 20.0. The molecule has 0 saturated carbocycles. The van der Waals surface area contributed by atoms with Gasteiger partial charge in [0, 0.05) is 6.92 Å². The van der Waals surface area contributed by atoms with Gasteiger partial charge in [-0.3, -0.25) is 4.79 Å². The van der Waals surface area contributed by atoms with Crippen LogP contribution in [0.1, 0.15) is 41.5 Å². The van der Waals surface area contributed by atoms with Crippen LogP contribution in [0.5, 0.6) is 0 Å². The molecule has 0 amide bonds. The molecule has 0 radical (unpaired) electrons. The standard InChI is InChI=1S/C10H19NO3S/c1-8(12)14-10(5,6)7-11-15(13)9(2,3)4/h7H,1-6H3. The second kappa shape index (κ2) is 4.99. The largest absolute Gasteiger partial charge is 0.591 e. The van der Waals surface area contributed by atoms with E-state index < -0.39 is 21.7 Å². The number of carbonyl (C=O) groups excluding carboxylic acids is 1. The maximum atomic E-state index is 11.6. The van der Waals surface area contributed by atoms with E-state index in [0.29, 0.717) is 0 Å². The summed E-state index contributed by atoms with van der Waals surface area (Å²) >= 11 is -1.32. The highest BCUT2D eigenvalue weighted by Crippen LogP contribution is 2.17. The Labute approximate surface area is 94.4 Å². The van der Waals surface area contributed by atoms with Crippen molar-refractivity contribution in [3.8, 4) is 0 Å². The summed E-state index contributed by atoms with van der Waals surface area (Å²) in [4.78, 5) is 10.7. The topological polar surface area (TPSA) is 61.7 Å². The Morgan fingerprint density at radius 3 is 2.13 bits per heavy atom. The molecule has 0 N–H and O–H groups in total. The summed E-state index contributed by atoms with van der Waals surface area (Å²) in [5.74, 6) is -0.381. The average molecular weight is 233 g/mol. The maximum Gasteiger partial charge on any atom is 0.303 e. The van der Waals surface area contributed by atoms with E-state index in [9.17, 15) is 9.35 Å². The summed E-state index contributed by atoms with van der Waals surface area (Å²) in [7, 11) is 0. The zero-order valence-electron chi connectivity index (χ0n) is 10.2. The number of carbonyl (C=O) groups is 1. The number of rotatable bonds is 3. The third kappa shape index (κ3) is 6.52. The summed E-state index contributed by atoms with van der Waals surface area (Å²) in [5.41, 5.74) is -0.813. The third-order valence-corrected chi connectivity index (χ3v) is 2.73. The van der Waals surface area contributed by atoms with E-state index in [2.05, 4.69) is 4.40 Å². The lowest BCUT2D eigenvalue weighted by atomic mass is 10.2. The molecule has 0 spiro atoms. The van der Waals surface area contributed by atoms with Crippen LogP contribution in [0.3, 0.4) is 0 Å². The molecule has 1 unspecified atom stereocenters. The predicted octanol–water partition coefficient (Wildman–Crippen LogP) is 1.86. The molecule has 0 rings (SSSR count). The molecule has 0 aliphatic heterocycles. The molecular formula is C10H19NO3S. The minimum Gasteiger partial charge on any atom is -0.591 e. The van der Waals surface area contributed by atoms with Crippen LogP contribution in [-0.2, 0) is 20.9 Å². The van der Waals surface area contributed by atoms with Gasteiger partial charge in [-0.05, 0) is 34.6 Å². The van der Waals surface area contributed by atoms with Crippen molar-refractivity contribution in [2.45, 2.75) is 51.9 Å². The van der Waals surface area contributed by atoms with Crippen LogP contribution in [0.25, 0.3) is 0 Å². The molecule has 15 heavy (non-hydrogen) atoms. The van der Waals surface area contributed by atoms with E-state index in [1.165, 1.54) is 13.1 Å². The summed E-state index contributed by atoms with van der Waals surface area (Å²) in [6.07, 6.45) is 1.41. The predicted molar refractivity (Wildman–Crippen MR) is 62.2 cm³/mol. The molecule has 5 heteroatoms. The number of hydrogen-bond acceptors (Lipinski definition) is 4.